The summed E-state index contributed by atoms with van der Waals surface area (Å²) in [5.41, 5.74) is 5.34. The van der Waals surface area contributed by atoms with E-state index in [-0.39, 0.29) is 16.1 Å². The highest BCUT2D eigenvalue weighted by atomic mass is 32.2. The van der Waals surface area contributed by atoms with Gasteiger partial charge < -0.3 is 5.73 Å². The Labute approximate surface area is 121 Å². The molecule has 0 aromatic heterocycles. The van der Waals surface area contributed by atoms with Crippen LogP contribution in [0.5, 0.6) is 0 Å². The van der Waals surface area contributed by atoms with Crippen molar-refractivity contribution in [2.75, 3.05) is 5.73 Å². The molecule has 0 aliphatic rings. The topological polar surface area (TPSA) is 72.2 Å². The van der Waals surface area contributed by atoms with Crippen LogP contribution in [0.3, 0.4) is 0 Å². The predicted octanol–water partition coefficient (Wildman–Crippen LogP) is 2.59. The molecule has 0 heterocycles. The fourth-order valence-electron chi connectivity index (χ4n) is 2.00. The van der Waals surface area contributed by atoms with E-state index in [9.17, 15) is 17.2 Å². The Morgan fingerprint density at radius 1 is 1.05 bits per heavy atom. The maximum absolute atomic E-state index is 13.7. The lowest BCUT2D eigenvalue weighted by Crippen LogP contribution is -2.28. The van der Waals surface area contributed by atoms with Crippen molar-refractivity contribution in [2.24, 2.45) is 0 Å². The Morgan fingerprint density at radius 3 is 2.19 bits per heavy atom. The summed E-state index contributed by atoms with van der Waals surface area (Å²) >= 11 is 0. The van der Waals surface area contributed by atoms with Gasteiger partial charge in [-0.05, 0) is 31.2 Å². The number of anilines is 1. The van der Waals surface area contributed by atoms with Gasteiger partial charge in [0.15, 0.2) is 0 Å². The fraction of sp³-hybridized carbons (Fsp3) is 0.143. The van der Waals surface area contributed by atoms with Gasteiger partial charge in [-0.15, -0.1) is 0 Å². The van der Waals surface area contributed by atoms with Crippen LogP contribution in [0.2, 0.25) is 0 Å². The molecule has 0 saturated carbocycles. The van der Waals surface area contributed by atoms with Gasteiger partial charge >= 0.3 is 0 Å². The molecule has 2 aromatic carbocycles. The SMILES string of the molecule is CC(NS(=O)(=O)c1ccccc1N)c1c(F)cccc1F. The molecule has 0 amide bonds. The Bertz CT molecular complexity index is 743. The number of benzene rings is 2. The maximum atomic E-state index is 13.7. The van der Waals surface area contributed by atoms with Crippen molar-refractivity contribution >= 4 is 15.7 Å². The maximum Gasteiger partial charge on any atom is 0.243 e. The van der Waals surface area contributed by atoms with Crippen LogP contribution in [0.4, 0.5) is 14.5 Å². The van der Waals surface area contributed by atoms with E-state index in [0.717, 1.165) is 12.1 Å². The lowest BCUT2D eigenvalue weighted by atomic mass is 10.1. The number of nitrogens with one attached hydrogen (secondary N) is 1. The van der Waals surface area contributed by atoms with E-state index in [2.05, 4.69) is 4.72 Å². The van der Waals surface area contributed by atoms with Gasteiger partial charge in [0.1, 0.15) is 16.5 Å². The molecule has 2 aromatic rings. The molecule has 0 saturated heterocycles. The predicted molar refractivity (Wildman–Crippen MR) is 75.9 cm³/mol. The lowest BCUT2D eigenvalue weighted by molar-refractivity contribution is 0.515. The van der Waals surface area contributed by atoms with Crippen LogP contribution >= 0.6 is 0 Å². The van der Waals surface area contributed by atoms with Gasteiger partial charge in [0.2, 0.25) is 10.0 Å². The van der Waals surface area contributed by atoms with Gasteiger partial charge in [-0.3, -0.25) is 0 Å². The average Bonchev–Trinajstić information content (AvgIpc) is 2.38. The summed E-state index contributed by atoms with van der Waals surface area (Å²) in [6.45, 7) is 1.36. The quantitative estimate of drug-likeness (QED) is 0.852. The summed E-state index contributed by atoms with van der Waals surface area (Å²) in [6, 6.07) is 8.14. The molecule has 21 heavy (non-hydrogen) atoms. The zero-order valence-electron chi connectivity index (χ0n) is 11.2. The van der Waals surface area contributed by atoms with Crippen LogP contribution in [0.1, 0.15) is 18.5 Å². The third-order valence-electron chi connectivity index (χ3n) is 2.97. The van der Waals surface area contributed by atoms with E-state index < -0.39 is 27.7 Å². The third kappa shape index (κ3) is 3.20. The van der Waals surface area contributed by atoms with E-state index >= 15 is 0 Å². The molecule has 1 unspecified atom stereocenters. The Balaban J connectivity index is 2.35. The van der Waals surface area contributed by atoms with E-state index in [0.29, 0.717) is 0 Å². The van der Waals surface area contributed by atoms with Gasteiger partial charge in [-0.25, -0.2) is 21.9 Å². The van der Waals surface area contributed by atoms with E-state index in [4.69, 9.17) is 5.73 Å². The number of hydrogen-bond donors (Lipinski definition) is 2. The van der Waals surface area contributed by atoms with Crippen molar-refractivity contribution in [1.29, 1.82) is 0 Å². The van der Waals surface area contributed by atoms with E-state index in [1.54, 1.807) is 6.07 Å². The monoisotopic (exact) mass is 312 g/mol. The molecule has 2 rings (SSSR count). The van der Waals surface area contributed by atoms with Crippen molar-refractivity contribution in [3.8, 4) is 0 Å². The number of halogens is 2. The zero-order valence-corrected chi connectivity index (χ0v) is 12.0. The summed E-state index contributed by atoms with van der Waals surface area (Å²) in [7, 11) is -3.98. The highest BCUT2D eigenvalue weighted by Gasteiger charge is 2.24. The minimum atomic E-state index is -3.98. The van der Waals surface area contributed by atoms with Crippen LogP contribution in [0.15, 0.2) is 47.4 Å². The van der Waals surface area contributed by atoms with Crippen LogP contribution in [0, 0.1) is 11.6 Å². The molecule has 7 heteroatoms. The Hall–Kier alpha value is -1.99. The molecule has 4 nitrogen and oxygen atoms in total. The first-order valence-corrected chi connectivity index (χ1v) is 7.62. The number of sulfonamides is 1. The normalized spacial score (nSPS) is 13.1. The van der Waals surface area contributed by atoms with Gasteiger partial charge in [-0.2, -0.15) is 0 Å². The van der Waals surface area contributed by atoms with Gasteiger partial charge in [0.25, 0.3) is 0 Å². The summed E-state index contributed by atoms with van der Waals surface area (Å²) in [5.74, 6) is -1.63. The number of nitrogens with two attached hydrogens (primary N) is 1. The third-order valence-corrected chi connectivity index (χ3v) is 4.59. The lowest BCUT2D eigenvalue weighted by Gasteiger charge is -2.16. The first-order chi connectivity index (χ1) is 9.83. The van der Waals surface area contributed by atoms with Gasteiger partial charge in [0.05, 0.1) is 5.69 Å². The zero-order chi connectivity index (χ0) is 15.6. The molecule has 1 atom stereocenters. The molecular formula is C14H14F2N2O2S. The van der Waals surface area contributed by atoms with Crippen LogP contribution < -0.4 is 10.5 Å². The molecule has 3 N–H and O–H groups in total. The minimum Gasteiger partial charge on any atom is -0.398 e. The van der Waals surface area contributed by atoms with Crippen molar-refractivity contribution in [3.05, 3.63) is 59.7 Å². The minimum absolute atomic E-state index is 0.0613. The van der Waals surface area contributed by atoms with E-state index in [1.807, 2.05) is 0 Å². The Morgan fingerprint density at radius 2 is 1.62 bits per heavy atom. The molecule has 0 radical (unpaired) electrons. The molecule has 112 valence electrons. The summed E-state index contributed by atoms with van der Waals surface area (Å²) < 4.78 is 54.0. The Kier molecular flexibility index (Phi) is 4.24. The average molecular weight is 312 g/mol. The standard InChI is InChI=1S/C14H14F2N2O2S/c1-9(14-10(15)5-4-6-11(14)16)18-21(19,20)13-8-3-2-7-12(13)17/h2-9,18H,17H2,1H3. The second kappa shape index (κ2) is 5.79. The van der Waals surface area contributed by atoms with Crippen molar-refractivity contribution in [2.45, 2.75) is 17.9 Å². The van der Waals surface area contributed by atoms with Crippen molar-refractivity contribution in [1.82, 2.24) is 4.72 Å². The highest BCUT2D eigenvalue weighted by Crippen LogP contribution is 2.24. The molecule has 0 bridgehead atoms. The number of para-hydroxylation sites is 1. The second-order valence-electron chi connectivity index (χ2n) is 4.52. The van der Waals surface area contributed by atoms with Crippen molar-refractivity contribution < 1.29 is 17.2 Å². The molecule has 0 aliphatic heterocycles. The first-order valence-electron chi connectivity index (χ1n) is 6.13. The summed E-state index contributed by atoms with van der Waals surface area (Å²) in [4.78, 5) is -0.131. The van der Waals surface area contributed by atoms with Crippen LogP contribution in [0.25, 0.3) is 0 Å². The van der Waals surface area contributed by atoms with Gasteiger partial charge in [0, 0.05) is 11.6 Å². The summed E-state index contributed by atoms with van der Waals surface area (Å²) in [5, 5.41) is 0. The first kappa shape index (κ1) is 15.4. The van der Waals surface area contributed by atoms with Crippen molar-refractivity contribution in [3.63, 3.8) is 0 Å². The van der Waals surface area contributed by atoms with E-state index in [1.165, 1.54) is 31.2 Å². The molecule has 0 fully saturated rings. The number of nitrogen functional groups attached to an aromatic ring is 1. The van der Waals surface area contributed by atoms with Crippen LogP contribution in [-0.2, 0) is 10.0 Å². The fourth-order valence-corrected chi connectivity index (χ4v) is 3.35. The molecule has 0 spiro atoms. The van der Waals surface area contributed by atoms with Gasteiger partial charge in [-0.1, -0.05) is 18.2 Å². The molecule has 0 aliphatic carbocycles. The highest BCUT2D eigenvalue weighted by molar-refractivity contribution is 7.89. The second-order valence-corrected chi connectivity index (χ2v) is 6.20. The van der Waals surface area contributed by atoms with Crippen LogP contribution in [-0.4, -0.2) is 8.42 Å². The smallest absolute Gasteiger partial charge is 0.243 e. The largest absolute Gasteiger partial charge is 0.398 e. The molecular weight excluding hydrogens is 298 g/mol. The summed E-state index contributed by atoms with van der Waals surface area (Å²) in [6.07, 6.45) is 0. The number of rotatable bonds is 4. The number of hydrogen-bond acceptors (Lipinski definition) is 3.